The van der Waals surface area contributed by atoms with Gasteiger partial charge in [0.1, 0.15) is 11.9 Å². The van der Waals surface area contributed by atoms with Gasteiger partial charge in [-0.1, -0.05) is 42.9 Å². The van der Waals surface area contributed by atoms with Crippen LogP contribution in [-0.4, -0.2) is 29.4 Å². The largest absolute Gasteiger partial charge is 0.494 e. The number of amides is 1. The molecule has 1 amide bonds. The maximum absolute atomic E-state index is 13.9. The Bertz CT molecular complexity index is 1360. The molecule has 2 aliphatic heterocycles. The number of aromatic nitrogens is 1. The van der Waals surface area contributed by atoms with Crippen LogP contribution in [0.3, 0.4) is 0 Å². The van der Waals surface area contributed by atoms with Gasteiger partial charge in [0.05, 0.1) is 34.4 Å². The predicted molar refractivity (Wildman–Crippen MR) is 136 cm³/mol. The molecule has 1 aromatic heterocycles. The van der Waals surface area contributed by atoms with Gasteiger partial charge in [0.25, 0.3) is 5.91 Å². The molecule has 180 valence electrons. The van der Waals surface area contributed by atoms with E-state index < -0.39 is 6.04 Å². The Balaban J connectivity index is 1.49. The first-order valence-corrected chi connectivity index (χ1v) is 13.3. The van der Waals surface area contributed by atoms with Crippen LogP contribution >= 0.6 is 11.3 Å². The summed E-state index contributed by atoms with van der Waals surface area (Å²) in [5.74, 6) is 0.519. The van der Waals surface area contributed by atoms with E-state index in [0.29, 0.717) is 17.3 Å². The minimum atomic E-state index is -0.584. The van der Waals surface area contributed by atoms with E-state index in [1.165, 1.54) is 11.3 Å². The summed E-state index contributed by atoms with van der Waals surface area (Å²) in [6.45, 7) is 4.71. The number of hydrogen-bond acceptors (Lipinski definition) is 6. The number of rotatable bonds is 5. The third-order valence-electron chi connectivity index (χ3n) is 7.15. The van der Waals surface area contributed by atoms with E-state index in [2.05, 4.69) is 13.0 Å². The topological polar surface area (TPSA) is 68.7 Å². The minimum absolute atomic E-state index is 0.0497. The van der Waals surface area contributed by atoms with Crippen LogP contribution in [0.5, 0.6) is 5.75 Å². The van der Waals surface area contributed by atoms with Crippen molar-refractivity contribution in [2.75, 3.05) is 11.5 Å². The summed E-state index contributed by atoms with van der Waals surface area (Å²) in [6, 6.07) is 13.2. The molecule has 6 nitrogen and oxygen atoms in total. The highest BCUT2D eigenvalue weighted by atomic mass is 32.1. The Morgan fingerprint density at radius 3 is 2.86 bits per heavy atom. The number of Topliss-reactive ketones (excluding diaryl/α,β-unsaturated/α-hetero) is 1. The van der Waals surface area contributed by atoms with Crippen molar-refractivity contribution in [1.82, 2.24) is 4.98 Å². The normalized spacial score (nSPS) is 23.9. The van der Waals surface area contributed by atoms with Gasteiger partial charge in [0.15, 0.2) is 16.7 Å². The number of ether oxygens (including phenoxy) is 2. The maximum atomic E-state index is 13.9. The van der Waals surface area contributed by atoms with Gasteiger partial charge in [-0.3, -0.25) is 14.5 Å². The molecule has 3 aliphatic rings. The van der Waals surface area contributed by atoms with Crippen LogP contribution < -0.4 is 9.64 Å². The number of ketones is 1. The lowest BCUT2D eigenvalue weighted by molar-refractivity contribution is -0.131. The van der Waals surface area contributed by atoms with E-state index in [9.17, 15) is 9.59 Å². The van der Waals surface area contributed by atoms with Crippen molar-refractivity contribution in [3.8, 4) is 5.75 Å². The number of anilines is 1. The summed E-state index contributed by atoms with van der Waals surface area (Å²) in [5, 5.41) is 0.578. The lowest BCUT2D eigenvalue weighted by Crippen LogP contribution is -2.39. The second-order valence-electron chi connectivity index (χ2n) is 9.62. The number of carbonyl (C=O) groups is 2. The standard InChI is InChI=1S/C28H28N2O4S/c1-3-13-33-18-8-6-7-17(15-18)24-23-25(31)19-9-4-5-10-21(19)34-26(23)27(32)30(24)28-29-20-12-11-16(2)14-22(20)35-28/h6-8,11-12,14-15,19,21,24H,3-5,9-10,13H2,1-2H3. The summed E-state index contributed by atoms with van der Waals surface area (Å²) >= 11 is 1.47. The number of benzene rings is 2. The summed E-state index contributed by atoms with van der Waals surface area (Å²) < 4.78 is 13.2. The molecule has 3 heterocycles. The first kappa shape index (κ1) is 22.3. The second kappa shape index (κ2) is 8.79. The van der Waals surface area contributed by atoms with Crippen LogP contribution in [0, 0.1) is 12.8 Å². The Kier molecular flexibility index (Phi) is 5.60. The van der Waals surface area contributed by atoms with E-state index in [1.54, 1.807) is 4.90 Å². The monoisotopic (exact) mass is 488 g/mol. The highest BCUT2D eigenvalue weighted by Crippen LogP contribution is 2.49. The van der Waals surface area contributed by atoms with E-state index >= 15 is 0 Å². The number of nitrogens with zero attached hydrogens (tertiary/aromatic N) is 2. The van der Waals surface area contributed by atoms with E-state index in [4.69, 9.17) is 14.5 Å². The van der Waals surface area contributed by atoms with Gasteiger partial charge in [0.2, 0.25) is 0 Å². The molecule has 6 rings (SSSR count). The first-order chi connectivity index (χ1) is 17.0. The number of hydrogen-bond donors (Lipinski definition) is 0. The van der Waals surface area contributed by atoms with Crippen molar-refractivity contribution in [2.45, 2.75) is 58.1 Å². The highest BCUT2D eigenvalue weighted by molar-refractivity contribution is 7.22. The molecule has 35 heavy (non-hydrogen) atoms. The van der Waals surface area contributed by atoms with Crippen molar-refractivity contribution in [3.05, 3.63) is 64.9 Å². The zero-order valence-electron chi connectivity index (χ0n) is 20.0. The van der Waals surface area contributed by atoms with Crippen LogP contribution in [0.1, 0.15) is 56.2 Å². The summed E-state index contributed by atoms with van der Waals surface area (Å²) in [4.78, 5) is 34.2. The van der Waals surface area contributed by atoms with Crippen LogP contribution in [-0.2, 0) is 14.3 Å². The molecule has 3 atom stereocenters. The van der Waals surface area contributed by atoms with Crippen molar-refractivity contribution in [3.63, 3.8) is 0 Å². The molecule has 0 bridgehead atoms. The first-order valence-electron chi connectivity index (χ1n) is 12.4. The second-order valence-corrected chi connectivity index (χ2v) is 10.6. The molecule has 1 saturated carbocycles. The average molecular weight is 489 g/mol. The van der Waals surface area contributed by atoms with Gasteiger partial charge >= 0.3 is 0 Å². The van der Waals surface area contributed by atoms with Crippen molar-refractivity contribution in [2.24, 2.45) is 5.92 Å². The molecule has 3 unspecified atom stereocenters. The zero-order chi connectivity index (χ0) is 24.1. The Morgan fingerprint density at radius 2 is 2.00 bits per heavy atom. The van der Waals surface area contributed by atoms with Crippen LogP contribution in [0.4, 0.5) is 5.13 Å². The predicted octanol–water partition coefficient (Wildman–Crippen LogP) is 5.89. The molecule has 0 spiro atoms. The van der Waals surface area contributed by atoms with Crippen molar-refractivity contribution in [1.29, 1.82) is 0 Å². The van der Waals surface area contributed by atoms with Crippen LogP contribution in [0.15, 0.2) is 53.8 Å². The molecule has 1 fully saturated rings. The fraction of sp³-hybridized carbons (Fsp3) is 0.393. The van der Waals surface area contributed by atoms with Crippen molar-refractivity contribution >= 4 is 38.4 Å². The fourth-order valence-electron chi connectivity index (χ4n) is 5.47. The highest BCUT2D eigenvalue weighted by Gasteiger charge is 2.53. The van der Waals surface area contributed by atoms with Crippen LogP contribution in [0.25, 0.3) is 10.2 Å². The molecule has 0 N–H and O–H groups in total. The summed E-state index contributed by atoms with van der Waals surface area (Å²) in [5.41, 5.74) is 3.28. The maximum Gasteiger partial charge on any atom is 0.296 e. The molecule has 2 aromatic carbocycles. The lowest BCUT2D eigenvalue weighted by atomic mass is 9.77. The van der Waals surface area contributed by atoms with Gasteiger partial charge in [-0.2, -0.15) is 0 Å². The van der Waals surface area contributed by atoms with E-state index in [1.807, 2.05) is 43.3 Å². The van der Waals surface area contributed by atoms with Gasteiger partial charge in [0, 0.05) is 0 Å². The van der Waals surface area contributed by atoms with Crippen LogP contribution in [0.2, 0.25) is 0 Å². The lowest BCUT2D eigenvalue weighted by Gasteiger charge is -2.35. The quantitative estimate of drug-likeness (QED) is 0.448. The molecular weight excluding hydrogens is 460 g/mol. The SMILES string of the molecule is CCCOc1cccc(C2C3=C(OC4CCCCC4C3=O)C(=O)N2c2nc3ccc(C)cc3s2)c1. The van der Waals surface area contributed by atoms with Gasteiger partial charge in [-0.25, -0.2) is 4.98 Å². The van der Waals surface area contributed by atoms with E-state index in [0.717, 1.165) is 59.2 Å². The Labute approximate surface area is 208 Å². The minimum Gasteiger partial charge on any atom is -0.494 e. The van der Waals surface area contributed by atoms with E-state index in [-0.39, 0.29) is 29.5 Å². The Hall–Kier alpha value is -3.19. The van der Waals surface area contributed by atoms with Gasteiger partial charge in [-0.15, -0.1) is 0 Å². The molecule has 7 heteroatoms. The third kappa shape index (κ3) is 3.73. The molecular formula is C28H28N2O4S. The number of fused-ring (bicyclic) bond motifs is 2. The smallest absolute Gasteiger partial charge is 0.296 e. The molecule has 3 aromatic rings. The third-order valence-corrected chi connectivity index (χ3v) is 8.17. The zero-order valence-corrected chi connectivity index (χ0v) is 20.8. The fourth-order valence-corrected chi connectivity index (χ4v) is 6.57. The van der Waals surface area contributed by atoms with Gasteiger partial charge < -0.3 is 9.47 Å². The number of aryl methyl sites for hydroxylation is 1. The van der Waals surface area contributed by atoms with Crippen molar-refractivity contribution < 1.29 is 19.1 Å². The Morgan fingerprint density at radius 1 is 1.14 bits per heavy atom. The summed E-state index contributed by atoms with van der Waals surface area (Å²) in [6.07, 6.45) is 4.34. The average Bonchev–Trinajstić information content (AvgIpc) is 3.41. The number of carbonyl (C=O) groups excluding carboxylic acids is 2. The molecule has 0 radical (unpaired) electrons. The number of thiazole rings is 1. The molecule has 1 aliphatic carbocycles. The summed E-state index contributed by atoms with van der Waals surface area (Å²) in [7, 11) is 0. The van der Waals surface area contributed by atoms with Gasteiger partial charge in [-0.05, 0) is 68.0 Å². The molecule has 0 saturated heterocycles.